The van der Waals surface area contributed by atoms with Crippen LogP contribution in [0, 0.1) is 0 Å². The third kappa shape index (κ3) is 3.05. The van der Waals surface area contributed by atoms with Gasteiger partial charge in [-0.15, -0.1) is 39.0 Å². The van der Waals surface area contributed by atoms with Gasteiger partial charge < -0.3 is 0 Å². The van der Waals surface area contributed by atoms with Crippen molar-refractivity contribution in [1.82, 2.24) is 4.90 Å². The maximum Gasteiger partial charge on any atom is 0.492 e. The lowest BCUT2D eigenvalue weighted by Gasteiger charge is -2.26. The molecule has 12 heavy (non-hydrogen) atoms. The first-order valence-electron chi connectivity index (χ1n) is 2.23. The van der Waals surface area contributed by atoms with E-state index < -0.39 is 21.8 Å². The van der Waals surface area contributed by atoms with Gasteiger partial charge in [0.05, 0.1) is 0 Å². The minimum Gasteiger partial charge on any atom is -0.177 e. The summed E-state index contributed by atoms with van der Waals surface area (Å²) in [4.78, 5) is -1.86. The maximum absolute atomic E-state index is 11.5. The van der Waals surface area contributed by atoms with E-state index in [2.05, 4.69) is 24.8 Å². The summed E-state index contributed by atoms with van der Waals surface area (Å²) >= 11 is 6.46. The third-order valence-electron chi connectivity index (χ3n) is 0.698. The second-order valence-corrected chi connectivity index (χ2v) is 2.67. The van der Waals surface area contributed by atoms with Crippen LogP contribution in [-0.2, 0) is 0 Å². The Labute approximate surface area is 73.7 Å². The van der Waals surface area contributed by atoms with Crippen molar-refractivity contribution in [2.45, 2.75) is 12.6 Å². The molecule has 0 saturated carbocycles. The quantitative estimate of drug-likeness (QED) is 0.294. The van der Waals surface area contributed by atoms with Gasteiger partial charge in [0, 0.05) is 0 Å². The highest BCUT2D eigenvalue weighted by molar-refractivity contribution is 8.10. The summed E-state index contributed by atoms with van der Waals surface area (Å²) in [5.74, 6) is 0. The summed E-state index contributed by atoms with van der Waals surface area (Å²) in [6, 6.07) is 0. The van der Waals surface area contributed by atoms with Gasteiger partial charge in [-0.3, -0.25) is 0 Å². The zero-order chi connectivity index (χ0) is 10.2. The molecule has 0 rings (SSSR count). The molecule has 0 aromatic heterocycles. The Morgan fingerprint density at radius 1 is 1.00 bits per heavy atom. The number of alkyl halides is 6. The minimum atomic E-state index is -5.59. The van der Waals surface area contributed by atoms with E-state index in [9.17, 15) is 26.3 Å². The number of hydrogen-bond acceptors (Lipinski definition) is 1. The molecule has 0 atom stereocenters. The van der Waals surface area contributed by atoms with Crippen molar-refractivity contribution in [3.05, 3.63) is 0 Å². The van der Waals surface area contributed by atoms with E-state index in [1.54, 1.807) is 0 Å². The van der Waals surface area contributed by atoms with E-state index in [0.29, 0.717) is 0 Å². The van der Waals surface area contributed by atoms with Crippen molar-refractivity contribution in [2.75, 3.05) is 0 Å². The normalized spacial score (nSPS) is 12.9. The minimum absolute atomic E-state index is 1.59. The van der Waals surface area contributed by atoms with E-state index >= 15 is 0 Å². The molecule has 0 bridgehead atoms. The van der Waals surface area contributed by atoms with Gasteiger partial charge in [0.1, 0.15) is 4.32 Å². The lowest BCUT2D eigenvalue weighted by Crippen LogP contribution is -2.49. The SMILES string of the molecule is FC(F)(F)N(C(=S)S)C(F)(F)F. The monoisotopic (exact) mass is 229 g/mol. The maximum atomic E-state index is 11.5. The van der Waals surface area contributed by atoms with Crippen LogP contribution < -0.4 is 0 Å². The topological polar surface area (TPSA) is 3.24 Å². The highest BCUT2D eigenvalue weighted by Crippen LogP contribution is 2.34. The molecule has 1 nitrogen and oxygen atoms in total. The molecule has 0 heterocycles. The Kier molecular flexibility index (Phi) is 3.24. The Hall–Kier alpha value is -0.180. The van der Waals surface area contributed by atoms with E-state index in [-0.39, 0.29) is 0 Å². The Morgan fingerprint density at radius 2 is 1.25 bits per heavy atom. The molecule has 0 saturated heterocycles. The van der Waals surface area contributed by atoms with Crippen LogP contribution in [0.25, 0.3) is 0 Å². The largest absolute Gasteiger partial charge is 0.492 e. The van der Waals surface area contributed by atoms with E-state index in [1.807, 2.05) is 0 Å². The molecule has 0 aliphatic heterocycles. The molecule has 0 aliphatic carbocycles. The van der Waals surface area contributed by atoms with Crippen molar-refractivity contribution >= 4 is 29.2 Å². The molecule has 0 N–H and O–H groups in total. The summed E-state index contributed by atoms with van der Waals surface area (Å²) in [5, 5.41) is 0. The van der Waals surface area contributed by atoms with Gasteiger partial charge in [0.2, 0.25) is 0 Å². The van der Waals surface area contributed by atoms with E-state index in [4.69, 9.17) is 0 Å². The van der Waals surface area contributed by atoms with Crippen LogP contribution >= 0.6 is 24.8 Å². The zero-order valence-corrected chi connectivity index (χ0v) is 6.78. The number of thiol groups is 1. The molecule has 9 heteroatoms. The van der Waals surface area contributed by atoms with Gasteiger partial charge >= 0.3 is 12.6 Å². The van der Waals surface area contributed by atoms with Gasteiger partial charge in [-0.2, -0.15) is 4.90 Å². The van der Waals surface area contributed by atoms with Crippen molar-refractivity contribution < 1.29 is 26.3 Å². The molecule has 0 fully saturated rings. The lowest BCUT2D eigenvalue weighted by molar-refractivity contribution is -0.340. The fraction of sp³-hybridized carbons (Fsp3) is 0.667. The van der Waals surface area contributed by atoms with Crippen molar-refractivity contribution in [2.24, 2.45) is 0 Å². The average molecular weight is 229 g/mol. The second-order valence-electron chi connectivity index (χ2n) is 1.55. The fourth-order valence-corrected chi connectivity index (χ4v) is 0.794. The summed E-state index contributed by atoms with van der Waals surface area (Å²) in [6.45, 7) is 0. The van der Waals surface area contributed by atoms with Gasteiger partial charge in [0.25, 0.3) is 0 Å². The zero-order valence-electron chi connectivity index (χ0n) is 5.07. The first kappa shape index (κ1) is 11.8. The Balaban J connectivity index is 4.82. The number of rotatable bonds is 0. The van der Waals surface area contributed by atoms with Gasteiger partial charge in [-0.1, -0.05) is 12.2 Å². The van der Waals surface area contributed by atoms with Crippen LogP contribution in [0.1, 0.15) is 0 Å². The molecule has 72 valence electrons. The highest BCUT2D eigenvalue weighted by Gasteiger charge is 2.54. The summed E-state index contributed by atoms with van der Waals surface area (Å²) in [6.07, 6.45) is -11.2. The standard InChI is InChI=1S/C3HF6NS2/c4-2(5,6)10(1(11)12)3(7,8)9/h(H,11,12). The molecule has 0 spiro atoms. The summed E-state index contributed by atoms with van der Waals surface area (Å²) < 4.78 is 67.6. The number of hydrogen-bond donors (Lipinski definition) is 1. The predicted molar refractivity (Wildman–Crippen MR) is 35.5 cm³/mol. The average Bonchev–Trinajstić information content (AvgIpc) is 1.49. The Bertz CT molecular complexity index is 168. The van der Waals surface area contributed by atoms with E-state index in [1.165, 1.54) is 0 Å². The number of halogens is 6. The van der Waals surface area contributed by atoms with Gasteiger partial charge in [-0.25, -0.2) is 0 Å². The van der Waals surface area contributed by atoms with E-state index in [0.717, 1.165) is 0 Å². The van der Waals surface area contributed by atoms with Crippen molar-refractivity contribution in [3.63, 3.8) is 0 Å². The van der Waals surface area contributed by atoms with Gasteiger partial charge in [0.15, 0.2) is 0 Å². The number of thiocarbonyl (C=S) groups is 1. The van der Waals surface area contributed by atoms with Gasteiger partial charge in [-0.05, 0) is 0 Å². The van der Waals surface area contributed by atoms with Crippen LogP contribution in [0.5, 0.6) is 0 Å². The third-order valence-corrected chi connectivity index (χ3v) is 1.08. The smallest absolute Gasteiger partial charge is 0.177 e. The van der Waals surface area contributed by atoms with Crippen LogP contribution in [0.15, 0.2) is 0 Å². The molecular formula is C3HF6NS2. The van der Waals surface area contributed by atoms with Crippen LogP contribution in [0.3, 0.4) is 0 Å². The molecule has 0 aliphatic rings. The molecule has 0 aromatic carbocycles. The summed E-state index contributed by atoms with van der Waals surface area (Å²) in [5.41, 5.74) is 0. The molecule has 0 unspecified atom stereocenters. The van der Waals surface area contributed by atoms with Crippen LogP contribution in [-0.4, -0.2) is 21.8 Å². The lowest BCUT2D eigenvalue weighted by atomic mass is 10.8. The highest BCUT2D eigenvalue weighted by atomic mass is 32.1. The fourth-order valence-electron chi connectivity index (χ4n) is 0.361. The first-order chi connectivity index (χ1) is 5.07. The van der Waals surface area contributed by atoms with Crippen molar-refractivity contribution in [1.29, 1.82) is 0 Å². The number of nitrogens with zero attached hydrogens (tertiary/aromatic N) is 1. The van der Waals surface area contributed by atoms with Crippen molar-refractivity contribution in [3.8, 4) is 0 Å². The predicted octanol–water partition coefficient (Wildman–Crippen LogP) is 2.54. The molecule has 0 aromatic rings. The molecule has 0 radical (unpaired) electrons. The Morgan fingerprint density at radius 3 is 1.25 bits per heavy atom. The van der Waals surface area contributed by atoms with Crippen LogP contribution in [0.2, 0.25) is 0 Å². The van der Waals surface area contributed by atoms with Crippen LogP contribution in [0.4, 0.5) is 26.3 Å². The second kappa shape index (κ2) is 3.29. The summed E-state index contributed by atoms with van der Waals surface area (Å²) in [7, 11) is 0. The first-order valence-corrected chi connectivity index (χ1v) is 3.09. The molecule has 0 amide bonds. The molecular weight excluding hydrogens is 228 g/mol.